The third kappa shape index (κ3) is 2.55. The average molecular weight is 208 g/mol. The molecule has 0 aromatic heterocycles. The summed E-state index contributed by atoms with van der Waals surface area (Å²) in [6.45, 7) is 1.78. The number of Topliss-reactive ketones (excluding diaryl/α,β-unsaturated/α-hetero) is 1. The molecule has 1 aromatic rings. The molecule has 2 nitrogen and oxygen atoms in total. The van der Waals surface area contributed by atoms with Gasteiger partial charge in [-0.3, -0.25) is 4.79 Å². The molecule has 0 spiro atoms. The van der Waals surface area contributed by atoms with Crippen molar-refractivity contribution in [1.29, 1.82) is 0 Å². The Morgan fingerprint density at radius 2 is 2.27 bits per heavy atom. The molecule has 0 unspecified atom stereocenters. The zero-order valence-electron chi connectivity index (χ0n) is 8.63. The van der Waals surface area contributed by atoms with E-state index in [0.29, 0.717) is 11.3 Å². The molecule has 0 amide bonds. The predicted octanol–water partition coefficient (Wildman–Crippen LogP) is 2.49. The van der Waals surface area contributed by atoms with Gasteiger partial charge in [0.05, 0.1) is 0 Å². The minimum atomic E-state index is -0.254. The van der Waals surface area contributed by atoms with Crippen LogP contribution in [0, 0.1) is 18.7 Å². The van der Waals surface area contributed by atoms with Crippen molar-refractivity contribution in [3.8, 4) is 5.75 Å². The molecule has 0 radical (unpaired) electrons. The third-order valence-electron chi connectivity index (χ3n) is 2.54. The Bertz CT molecular complexity index is 383. The predicted molar refractivity (Wildman–Crippen MR) is 54.4 cm³/mol. The van der Waals surface area contributed by atoms with E-state index in [1.807, 2.05) is 0 Å². The lowest BCUT2D eigenvalue weighted by molar-refractivity contribution is -0.122. The van der Waals surface area contributed by atoms with Gasteiger partial charge in [-0.05, 0) is 43.5 Å². The molecule has 1 fully saturated rings. The summed E-state index contributed by atoms with van der Waals surface area (Å²) in [5, 5.41) is 0. The molecule has 1 aliphatic carbocycles. The van der Waals surface area contributed by atoms with Gasteiger partial charge in [0.25, 0.3) is 0 Å². The van der Waals surface area contributed by atoms with Crippen LogP contribution >= 0.6 is 0 Å². The summed E-state index contributed by atoms with van der Waals surface area (Å²) < 4.78 is 18.2. The van der Waals surface area contributed by atoms with Crippen LogP contribution in [0.25, 0.3) is 0 Å². The molecule has 0 saturated heterocycles. The number of ether oxygens (including phenoxy) is 1. The normalized spacial score (nSPS) is 15.1. The van der Waals surface area contributed by atoms with E-state index < -0.39 is 0 Å². The fraction of sp³-hybridized carbons (Fsp3) is 0.417. The van der Waals surface area contributed by atoms with Crippen LogP contribution < -0.4 is 4.74 Å². The standard InChI is InChI=1S/C12H13FO2/c1-8-6-10(4-5-11(8)13)15-7-12(14)9-2-3-9/h4-6,9H,2-3,7H2,1H3. The molecule has 0 heterocycles. The molecule has 1 aliphatic rings. The maximum atomic E-state index is 12.9. The number of halogens is 1. The van der Waals surface area contributed by atoms with Gasteiger partial charge in [-0.25, -0.2) is 4.39 Å². The van der Waals surface area contributed by atoms with Crippen molar-refractivity contribution in [3.05, 3.63) is 29.6 Å². The molecular formula is C12H13FO2. The van der Waals surface area contributed by atoms with E-state index >= 15 is 0 Å². The zero-order chi connectivity index (χ0) is 10.8. The van der Waals surface area contributed by atoms with Crippen LogP contribution in [0.4, 0.5) is 4.39 Å². The quantitative estimate of drug-likeness (QED) is 0.759. The van der Waals surface area contributed by atoms with E-state index in [9.17, 15) is 9.18 Å². The largest absolute Gasteiger partial charge is 0.486 e. The van der Waals surface area contributed by atoms with Gasteiger partial charge in [-0.15, -0.1) is 0 Å². The van der Waals surface area contributed by atoms with Gasteiger partial charge >= 0.3 is 0 Å². The van der Waals surface area contributed by atoms with Crippen molar-refractivity contribution in [1.82, 2.24) is 0 Å². The van der Waals surface area contributed by atoms with Crippen LogP contribution in [0.2, 0.25) is 0 Å². The van der Waals surface area contributed by atoms with Crippen molar-refractivity contribution in [3.63, 3.8) is 0 Å². The fourth-order valence-electron chi connectivity index (χ4n) is 1.38. The first-order chi connectivity index (χ1) is 7.16. The van der Waals surface area contributed by atoms with E-state index in [1.54, 1.807) is 19.1 Å². The number of rotatable bonds is 4. The van der Waals surface area contributed by atoms with Crippen LogP contribution in [-0.4, -0.2) is 12.4 Å². The number of hydrogen-bond donors (Lipinski definition) is 0. The van der Waals surface area contributed by atoms with Crippen molar-refractivity contribution in [2.45, 2.75) is 19.8 Å². The molecule has 80 valence electrons. The van der Waals surface area contributed by atoms with Gasteiger partial charge in [0, 0.05) is 5.92 Å². The SMILES string of the molecule is Cc1cc(OCC(=O)C2CC2)ccc1F. The van der Waals surface area contributed by atoms with Crippen LogP contribution in [0.15, 0.2) is 18.2 Å². The Morgan fingerprint density at radius 3 is 2.87 bits per heavy atom. The van der Waals surface area contributed by atoms with E-state index in [0.717, 1.165) is 12.8 Å². The van der Waals surface area contributed by atoms with Crippen LogP contribution in [-0.2, 0) is 4.79 Å². The first kappa shape index (κ1) is 10.1. The highest BCUT2D eigenvalue weighted by atomic mass is 19.1. The minimum Gasteiger partial charge on any atom is -0.486 e. The van der Waals surface area contributed by atoms with Gasteiger partial charge in [0.1, 0.15) is 18.2 Å². The minimum absolute atomic E-state index is 0.107. The Hall–Kier alpha value is -1.38. The van der Waals surface area contributed by atoms with Gasteiger partial charge in [-0.1, -0.05) is 0 Å². The topological polar surface area (TPSA) is 26.3 Å². The van der Waals surface area contributed by atoms with Gasteiger partial charge in [0.2, 0.25) is 0 Å². The number of hydrogen-bond acceptors (Lipinski definition) is 2. The van der Waals surface area contributed by atoms with Gasteiger partial charge in [-0.2, -0.15) is 0 Å². The smallest absolute Gasteiger partial charge is 0.173 e. The molecule has 3 heteroatoms. The van der Waals surface area contributed by atoms with E-state index in [2.05, 4.69) is 0 Å². The van der Waals surface area contributed by atoms with E-state index in [4.69, 9.17) is 4.74 Å². The number of aryl methyl sites for hydroxylation is 1. The summed E-state index contributed by atoms with van der Waals surface area (Å²) in [4.78, 5) is 11.3. The Kier molecular flexibility index (Phi) is 2.71. The maximum absolute atomic E-state index is 12.9. The van der Waals surface area contributed by atoms with Gasteiger partial charge < -0.3 is 4.74 Å². The highest BCUT2D eigenvalue weighted by Gasteiger charge is 2.29. The van der Waals surface area contributed by atoms with Crippen molar-refractivity contribution >= 4 is 5.78 Å². The Labute approximate surface area is 88.1 Å². The highest BCUT2D eigenvalue weighted by Crippen LogP contribution is 2.30. The lowest BCUT2D eigenvalue weighted by atomic mass is 10.2. The van der Waals surface area contributed by atoms with E-state index in [1.165, 1.54) is 6.07 Å². The molecule has 1 aromatic carbocycles. The van der Waals surface area contributed by atoms with E-state index in [-0.39, 0.29) is 24.1 Å². The van der Waals surface area contributed by atoms with Crippen LogP contribution in [0.3, 0.4) is 0 Å². The summed E-state index contributed by atoms with van der Waals surface area (Å²) in [5.74, 6) is 0.669. The zero-order valence-corrected chi connectivity index (χ0v) is 8.63. The van der Waals surface area contributed by atoms with Crippen LogP contribution in [0.5, 0.6) is 5.75 Å². The number of carbonyl (C=O) groups is 1. The summed E-state index contributed by atoms with van der Waals surface area (Å²) >= 11 is 0. The molecule has 15 heavy (non-hydrogen) atoms. The maximum Gasteiger partial charge on any atom is 0.173 e. The molecule has 2 rings (SSSR count). The molecule has 0 bridgehead atoms. The van der Waals surface area contributed by atoms with Crippen molar-refractivity contribution < 1.29 is 13.9 Å². The second-order valence-electron chi connectivity index (χ2n) is 3.94. The number of carbonyl (C=O) groups excluding carboxylic acids is 1. The second kappa shape index (κ2) is 4.01. The second-order valence-corrected chi connectivity index (χ2v) is 3.94. The first-order valence-electron chi connectivity index (χ1n) is 5.08. The molecule has 0 N–H and O–H groups in total. The number of ketones is 1. The van der Waals surface area contributed by atoms with Gasteiger partial charge in [0.15, 0.2) is 5.78 Å². The fourth-order valence-corrected chi connectivity index (χ4v) is 1.38. The number of benzene rings is 1. The molecule has 0 aliphatic heterocycles. The summed E-state index contributed by atoms with van der Waals surface area (Å²) in [5.41, 5.74) is 0.534. The first-order valence-corrected chi connectivity index (χ1v) is 5.08. The van der Waals surface area contributed by atoms with Crippen LogP contribution in [0.1, 0.15) is 18.4 Å². The van der Waals surface area contributed by atoms with Crippen molar-refractivity contribution in [2.75, 3.05) is 6.61 Å². The Balaban J connectivity index is 1.92. The lowest BCUT2D eigenvalue weighted by Crippen LogP contribution is -2.12. The summed E-state index contributed by atoms with van der Waals surface area (Å²) in [6, 6.07) is 4.50. The molecule has 1 saturated carbocycles. The summed E-state index contributed by atoms with van der Waals surface area (Å²) in [7, 11) is 0. The summed E-state index contributed by atoms with van der Waals surface area (Å²) in [6.07, 6.45) is 1.98. The lowest BCUT2D eigenvalue weighted by Gasteiger charge is -2.05. The highest BCUT2D eigenvalue weighted by molar-refractivity contribution is 5.84. The Morgan fingerprint density at radius 1 is 1.53 bits per heavy atom. The third-order valence-corrected chi connectivity index (χ3v) is 2.54. The molecular weight excluding hydrogens is 195 g/mol. The monoisotopic (exact) mass is 208 g/mol. The molecule has 0 atom stereocenters. The average Bonchev–Trinajstić information content (AvgIpc) is 3.03. The van der Waals surface area contributed by atoms with Crippen molar-refractivity contribution in [2.24, 2.45) is 5.92 Å².